The number of hydrogen-bond acceptors (Lipinski definition) is 3. The molecule has 0 spiro atoms. The summed E-state index contributed by atoms with van der Waals surface area (Å²) in [6, 6.07) is 11.9. The minimum atomic E-state index is -0.319. The van der Waals surface area contributed by atoms with Crippen LogP contribution in [0.5, 0.6) is 5.75 Å². The molecule has 1 aromatic heterocycles. The number of halogens is 1. The second kappa shape index (κ2) is 7.40. The fraction of sp³-hybridized carbons (Fsp3) is 0.158. The van der Waals surface area contributed by atoms with Crippen LogP contribution in [0.1, 0.15) is 23.7 Å². The number of nitrogens with one attached hydrogen (secondary N) is 1. The number of rotatable bonds is 5. The maximum Gasteiger partial charge on any atom is 0.255 e. The van der Waals surface area contributed by atoms with Crippen molar-refractivity contribution < 1.29 is 9.90 Å². The Balaban J connectivity index is 1.83. The molecule has 0 saturated carbocycles. The molecule has 25 heavy (non-hydrogen) atoms. The van der Waals surface area contributed by atoms with E-state index >= 15 is 0 Å². The van der Waals surface area contributed by atoms with E-state index < -0.39 is 0 Å². The summed E-state index contributed by atoms with van der Waals surface area (Å²) in [6.07, 6.45) is 4.73. The largest absolute Gasteiger partial charge is 0.506 e. The zero-order chi connectivity index (χ0) is 17.8. The van der Waals surface area contributed by atoms with Gasteiger partial charge in [0.2, 0.25) is 0 Å². The molecule has 0 unspecified atom stereocenters. The predicted octanol–water partition coefficient (Wildman–Crippen LogP) is 4.57. The van der Waals surface area contributed by atoms with Gasteiger partial charge in [-0.15, -0.1) is 0 Å². The minimum absolute atomic E-state index is 0.121. The molecule has 1 amide bonds. The Morgan fingerprint density at radius 2 is 2.12 bits per heavy atom. The summed E-state index contributed by atoms with van der Waals surface area (Å²) in [5.74, 6) is 0.424. The van der Waals surface area contributed by atoms with E-state index in [0.717, 1.165) is 24.4 Å². The van der Waals surface area contributed by atoms with Crippen molar-refractivity contribution in [2.24, 2.45) is 0 Å². The van der Waals surface area contributed by atoms with Crippen molar-refractivity contribution in [3.63, 3.8) is 0 Å². The van der Waals surface area contributed by atoms with Gasteiger partial charge in [0.05, 0.1) is 5.02 Å². The molecular weight excluding hydrogens is 338 g/mol. The van der Waals surface area contributed by atoms with Crippen LogP contribution in [0.15, 0.2) is 54.9 Å². The molecule has 0 bridgehead atoms. The number of nitrogens with zero attached hydrogens (tertiary/aromatic N) is 2. The molecule has 2 aromatic carbocycles. The van der Waals surface area contributed by atoms with Crippen molar-refractivity contribution in [1.82, 2.24) is 9.55 Å². The zero-order valence-electron chi connectivity index (χ0n) is 13.7. The monoisotopic (exact) mass is 355 g/mol. The van der Waals surface area contributed by atoms with Crippen LogP contribution in [0.25, 0.3) is 11.4 Å². The number of phenols is 1. The van der Waals surface area contributed by atoms with Crippen LogP contribution < -0.4 is 5.32 Å². The van der Waals surface area contributed by atoms with E-state index in [-0.39, 0.29) is 16.7 Å². The van der Waals surface area contributed by atoms with Gasteiger partial charge in [-0.3, -0.25) is 4.79 Å². The van der Waals surface area contributed by atoms with Crippen molar-refractivity contribution in [1.29, 1.82) is 0 Å². The first-order chi connectivity index (χ1) is 12.1. The van der Waals surface area contributed by atoms with Crippen LogP contribution in [0.4, 0.5) is 5.69 Å². The zero-order valence-corrected chi connectivity index (χ0v) is 14.5. The molecule has 0 aliphatic heterocycles. The van der Waals surface area contributed by atoms with Gasteiger partial charge in [0.1, 0.15) is 11.6 Å². The number of imidazole rings is 1. The van der Waals surface area contributed by atoms with Gasteiger partial charge in [-0.1, -0.05) is 30.7 Å². The third-order valence-electron chi connectivity index (χ3n) is 3.77. The first kappa shape index (κ1) is 17.0. The highest BCUT2D eigenvalue weighted by Gasteiger charge is 2.11. The molecule has 2 N–H and O–H groups in total. The molecule has 3 rings (SSSR count). The lowest BCUT2D eigenvalue weighted by molar-refractivity contribution is 0.102. The standard InChI is InChI=1S/C19H18ClN3O2/c1-2-9-23-10-8-21-18(23)13-4-3-5-15(11-13)22-19(25)14-6-7-16(20)17(24)12-14/h3-8,10-12,24H,2,9H2,1H3,(H,22,25). The topological polar surface area (TPSA) is 67.2 Å². The molecule has 0 saturated heterocycles. The molecule has 1 heterocycles. The van der Waals surface area contributed by atoms with Crippen LogP contribution in [-0.2, 0) is 6.54 Å². The second-order valence-corrected chi connectivity index (χ2v) is 6.05. The van der Waals surface area contributed by atoms with E-state index in [1.54, 1.807) is 12.3 Å². The van der Waals surface area contributed by atoms with Crippen molar-refractivity contribution in [3.8, 4) is 17.1 Å². The lowest BCUT2D eigenvalue weighted by Gasteiger charge is -2.10. The normalized spacial score (nSPS) is 10.6. The van der Waals surface area contributed by atoms with Gasteiger partial charge in [-0.2, -0.15) is 0 Å². The van der Waals surface area contributed by atoms with Gasteiger partial charge in [-0.05, 0) is 36.8 Å². The van der Waals surface area contributed by atoms with Gasteiger partial charge < -0.3 is 15.0 Å². The first-order valence-electron chi connectivity index (χ1n) is 8.00. The average Bonchev–Trinajstić information content (AvgIpc) is 3.06. The second-order valence-electron chi connectivity index (χ2n) is 5.65. The van der Waals surface area contributed by atoms with Gasteiger partial charge in [-0.25, -0.2) is 4.98 Å². The average molecular weight is 356 g/mol. The van der Waals surface area contributed by atoms with Gasteiger partial charge in [0, 0.05) is 35.8 Å². The maximum absolute atomic E-state index is 12.4. The van der Waals surface area contributed by atoms with E-state index in [1.165, 1.54) is 12.1 Å². The molecular formula is C19H18ClN3O2. The van der Waals surface area contributed by atoms with Crippen molar-refractivity contribution >= 4 is 23.2 Å². The molecule has 5 nitrogen and oxygen atoms in total. The minimum Gasteiger partial charge on any atom is -0.506 e. The van der Waals surface area contributed by atoms with E-state index in [1.807, 2.05) is 30.5 Å². The molecule has 3 aromatic rings. The Kier molecular flexibility index (Phi) is 5.05. The number of aromatic hydroxyl groups is 1. The Morgan fingerprint density at radius 3 is 2.88 bits per heavy atom. The summed E-state index contributed by atoms with van der Waals surface area (Å²) >= 11 is 5.77. The quantitative estimate of drug-likeness (QED) is 0.704. The molecule has 0 radical (unpaired) electrons. The Hall–Kier alpha value is -2.79. The number of carbonyl (C=O) groups excluding carboxylic acids is 1. The lowest BCUT2D eigenvalue weighted by Crippen LogP contribution is -2.11. The summed E-state index contributed by atoms with van der Waals surface area (Å²) in [6.45, 7) is 3.00. The number of carbonyl (C=O) groups is 1. The molecule has 0 aliphatic rings. The number of anilines is 1. The smallest absolute Gasteiger partial charge is 0.255 e. The summed E-state index contributed by atoms with van der Waals surface area (Å²) in [5, 5.41) is 12.7. The van der Waals surface area contributed by atoms with Gasteiger partial charge in [0.25, 0.3) is 5.91 Å². The summed E-state index contributed by atoms with van der Waals surface area (Å²) < 4.78 is 2.08. The summed E-state index contributed by atoms with van der Waals surface area (Å²) in [5.41, 5.74) is 1.91. The SMILES string of the molecule is CCCn1ccnc1-c1cccc(NC(=O)c2ccc(Cl)c(O)c2)c1. The van der Waals surface area contributed by atoms with E-state index in [9.17, 15) is 9.90 Å². The highest BCUT2D eigenvalue weighted by Crippen LogP contribution is 2.25. The lowest BCUT2D eigenvalue weighted by atomic mass is 10.1. The van der Waals surface area contributed by atoms with Crippen LogP contribution >= 0.6 is 11.6 Å². The highest BCUT2D eigenvalue weighted by molar-refractivity contribution is 6.32. The van der Waals surface area contributed by atoms with Gasteiger partial charge >= 0.3 is 0 Å². The number of amides is 1. The Labute approximate surface area is 150 Å². The third kappa shape index (κ3) is 3.83. The molecule has 0 atom stereocenters. The van der Waals surface area contributed by atoms with Crippen LogP contribution in [-0.4, -0.2) is 20.6 Å². The fourth-order valence-electron chi connectivity index (χ4n) is 2.58. The number of aryl methyl sites for hydroxylation is 1. The molecule has 0 aliphatic carbocycles. The maximum atomic E-state index is 12.4. The van der Waals surface area contributed by atoms with Crippen LogP contribution in [0, 0.1) is 0 Å². The number of phenolic OH excluding ortho intramolecular Hbond substituents is 1. The Bertz CT molecular complexity index is 905. The fourth-order valence-corrected chi connectivity index (χ4v) is 2.70. The van der Waals surface area contributed by atoms with Crippen molar-refractivity contribution in [2.45, 2.75) is 19.9 Å². The molecule has 128 valence electrons. The highest BCUT2D eigenvalue weighted by atomic mass is 35.5. The Morgan fingerprint density at radius 1 is 1.28 bits per heavy atom. The number of benzene rings is 2. The molecule has 0 fully saturated rings. The van der Waals surface area contributed by atoms with E-state index in [0.29, 0.717) is 11.3 Å². The van der Waals surface area contributed by atoms with Gasteiger partial charge in [0.15, 0.2) is 0 Å². The number of hydrogen-bond donors (Lipinski definition) is 2. The van der Waals surface area contributed by atoms with Crippen molar-refractivity contribution in [2.75, 3.05) is 5.32 Å². The third-order valence-corrected chi connectivity index (χ3v) is 4.09. The number of aromatic nitrogens is 2. The van der Waals surface area contributed by atoms with Crippen LogP contribution in [0.3, 0.4) is 0 Å². The van der Waals surface area contributed by atoms with E-state index in [2.05, 4.69) is 21.8 Å². The first-order valence-corrected chi connectivity index (χ1v) is 8.37. The predicted molar refractivity (Wildman–Crippen MR) is 99.0 cm³/mol. The summed E-state index contributed by atoms with van der Waals surface area (Å²) in [7, 11) is 0. The summed E-state index contributed by atoms with van der Waals surface area (Å²) in [4.78, 5) is 16.8. The van der Waals surface area contributed by atoms with E-state index in [4.69, 9.17) is 11.6 Å². The molecule has 6 heteroatoms. The van der Waals surface area contributed by atoms with Crippen LogP contribution in [0.2, 0.25) is 5.02 Å². The van der Waals surface area contributed by atoms with Crippen molar-refractivity contribution in [3.05, 3.63) is 65.4 Å².